The first-order chi connectivity index (χ1) is 8.13. The number of carbonyl (C=O) groups excluding carboxylic acids is 1. The summed E-state index contributed by atoms with van der Waals surface area (Å²) < 4.78 is 0. The zero-order valence-corrected chi connectivity index (χ0v) is 10.3. The van der Waals surface area contributed by atoms with Gasteiger partial charge in [0.25, 0.3) is 5.56 Å². The van der Waals surface area contributed by atoms with Crippen LogP contribution in [-0.2, 0) is 10.7 Å². The van der Waals surface area contributed by atoms with E-state index in [0.29, 0.717) is 31.0 Å². The predicted molar refractivity (Wildman–Crippen MR) is 64.0 cm³/mol. The van der Waals surface area contributed by atoms with Crippen LogP contribution in [0.2, 0.25) is 0 Å². The summed E-state index contributed by atoms with van der Waals surface area (Å²) in [4.78, 5) is 31.6. The highest BCUT2D eigenvalue weighted by molar-refractivity contribution is 6.16. The van der Waals surface area contributed by atoms with Crippen LogP contribution in [0, 0.1) is 0 Å². The van der Waals surface area contributed by atoms with E-state index in [1.807, 2.05) is 6.92 Å². The Labute approximate surface area is 104 Å². The van der Waals surface area contributed by atoms with Gasteiger partial charge in [0.05, 0.1) is 11.6 Å². The fourth-order valence-electron chi connectivity index (χ4n) is 2.08. The summed E-state index contributed by atoms with van der Waals surface area (Å²) in [5.74, 6) is 0.747. The maximum Gasteiger partial charge on any atom is 0.251 e. The quantitative estimate of drug-likeness (QED) is 0.814. The van der Waals surface area contributed by atoms with Crippen LogP contribution in [0.3, 0.4) is 0 Å². The Morgan fingerprint density at radius 2 is 2.35 bits per heavy atom. The molecule has 92 valence electrons. The van der Waals surface area contributed by atoms with Gasteiger partial charge in [-0.3, -0.25) is 9.59 Å². The molecular weight excluding hydrogens is 242 g/mol. The molecule has 1 unspecified atom stereocenters. The number of halogens is 1. The largest absolute Gasteiger partial charge is 0.342 e. The normalized spacial score (nSPS) is 20.0. The number of aromatic amines is 1. The van der Waals surface area contributed by atoms with Gasteiger partial charge >= 0.3 is 0 Å². The number of hydrogen-bond acceptors (Lipinski definition) is 3. The van der Waals surface area contributed by atoms with Crippen molar-refractivity contribution in [2.45, 2.75) is 25.1 Å². The van der Waals surface area contributed by atoms with Gasteiger partial charge in [-0.05, 0) is 6.92 Å². The molecule has 1 aromatic rings. The third-order valence-corrected chi connectivity index (χ3v) is 3.20. The van der Waals surface area contributed by atoms with Crippen molar-refractivity contribution in [2.24, 2.45) is 0 Å². The molecule has 0 radical (unpaired) electrons. The second-order valence-electron chi connectivity index (χ2n) is 4.08. The van der Waals surface area contributed by atoms with Crippen LogP contribution < -0.4 is 5.56 Å². The van der Waals surface area contributed by atoms with E-state index in [9.17, 15) is 9.59 Å². The topological polar surface area (TPSA) is 66.1 Å². The molecule has 1 aliphatic rings. The van der Waals surface area contributed by atoms with Crippen molar-refractivity contribution >= 4 is 17.5 Å². The van der Waals surface area contributed by atoms with E-state index in [1.165, 1.54) is 6.07 Å². The Balaban J connectivity index is 2.27. The Morgan fingerprint density at radius 3 is 2.94 bits per heavy atom. The predicted octanol–water partition coefficient (Wildman–Crippen LogP) is 0.844. The minimum atomic E-state index is -0.215. The van der Waals surface area contributed by atoms with Gasteiger partial charge in [0.1, 0.15) is 5.82 Å². The minimum Gasteiger partial charge on any atom is -0.342 e. The fraction of sp³-hybridized carbons (Fsp3) is 0.545. The van der Waals surface area contributed by atoms with E-state index in [2.05, 4.69) is 9.97 Å². The average molecular weight is 256 g/mol. The molecule has 0 aromatic carbocycles. The van der Waals surface area contributed by atoms with Crippen molar-refractivity contribution in [3.05, 3.63) is 27.9 Å². The number of alkyl halides is 1. The Kier molecular flexibility index (Phi) is 3.47. The molecule has 1 N–H and O–H groups in total. The number of likely N-dealkylation sites (tertiary alicyclic amines) is 1. The SMILES string of the molecule is CCN1CC(c2cc(=O)[nH]c(CCl)n2)CC1=O. The molecule has 17 heavy (non-hydrogen) atoms. The summed E-state index contributed by atoms with van der Waals surface area (Å²) in [7, 11) is 0. The third-order valence-electron chi connectivity index (χ3n) is 2.95. The molecule has 1 saturated heterocycles. The second-order valence-corrected chi connectivity index (χ2v) is 4.35. The summed E-state index contributed by atoms with van der Waals surface area (Å²) >= 11 is 5.65. The zero-order chi connectivity index (χ0) is 12.4. The summed E-state index contributed by atoms with van der Waals surface area (Å²) in [5, 5.41) is 0. The highest BCUT2D eigenvalue weighted by Crippen LogP contribution is 2.25. The average Bonchev–Trinajstić information content (AvgIpc) is 2.69. The summed E-state index contributed by atoms with van der Waals surface area (Å²) in [6.45, 7) is 3.27. The number of H-pyrrole nitrogens is 1. The molecule has 6 heteroatoms. The van der Waals surface area contributed by atoms with E-state index < -0.39 is 0 Å². The number of carbonyl (C=O) groups is 1. The molecule has 0 spiro atoms. The van der Waals surface area contributed by atoms with Crippen LogP contribution in [0.5, 0.6) is 0 Å². The van der Waals surface area contributed by atoms with Crippen LogP contribution >= 0.6 is 11.6 Å². The van der Waals surface area contributed by atoms with Gasteiger partial charge in [-0.1, -0.05) is 0 Å². The fourth-order valence-corrected chi connectivity index (χ4v) is 2.20. The van der Waals surface area contributed by atoms with Gasteiger partial charge in [-0.15, -0.1) is 11.6 Å². The Morgan fingerprint density at radius 1 is 1.59 bits per heavy atom. The van der Waals surface area contributed by atoms with Crippen molar-refractivity contribution in [3.8, 4) is 0 Å². The molecule has 0 saturated carbocycles. The lowest BCUT2D eigenvalue weighted by Crippen LogP contribution is -2.24. The van der Waals surface area contributed by atoms with Gasteiger partial charge in [0, 0.05) is 31.5 Å². The molecular formula is C11H14ClN3O2. The molecule has 0 bridgehead atoms. The van der Waals surface area contributed by atoms with Crippen LogP contribution in [0.25, 0.3) is 0 Å². The lowest BCUT2D eigenvalue weighted by atomic mass is 10.0. The Bertz CT molecular complexity index is 486. The summed E-state index contributed by atoms with van der Waals surface area (Å²) in [6.07, 6.45) is 0.423. The first kappa shape index (κ1) is 12.1. The van der Waals surface area contributed by atoms with Crippen molar-refractivity contribution in [1.29, 1.82) is 0 Å². The second kappa shape index (κ2) is 4.87. The number of aromatic nitrogens is 2. The van der Waals surface area contributed by atoms with Gasteiger partial charge in [0.15, 0.2) is 0 Å². The molecule has 1 aromatic heterocycles. The number of likely N-dealkylation sites (N-methyl/N-ethyl adjacent to an activating group) is 1. The third kappa shape index (κ3) is 2.49. The maximum atomic E-state index is 11.6. The summed E-state index contributed by atoms with van der Waals surface area (Å²) in [5.41, 5.74) is 0.446. The molecule has 1 aliphatic heterocycles. The number of nitrogens with one attached hydrogen (secondary N) is 1. The molecule has 2 heterocycles. The monoisotopic (exact) mass is 255 g/mol. The molecule has 1 fully saturated rings. The van der Waals surface area contributed by atoms with Gasteiger partial charge < -0.3 is 9.88 Å². The smallest absolute Gasteiger partial charge is 0.251 e. The van der Waals surface area contributed by atoms with Crippen molar-refractivity contribution < 1.29 is 4.79 Å². The van der Waals surface area contributed by atoms with Crippen molar-refractivity contribution in [3.63, 3.8) is 0 Å². The first-order valence-electron chi connectivity index (χ1n) is 5.58. The van der Waals surface area contributed by atoms with Gasteiger partial charge in [-0.25, -0.2) is 4.98 Å². The highest BCUT2D eigenvalue weighted by atomic mass is 35.5. The number of amides is 1. The van der Waals surface area contributed by atoms with Gasteiger partial charge in [-0.2, -0.15) is 0 Å². The molecule has 2 rings (SSSR count). The lowest BCUT2D eigenvalue weighted by Gasteiger charge is -2.13. The first-order valence-corrected chi connectivity index (χ1v) is 6.11. The van der Waals surface area contributed by atoms with Crippen LogP contribution in [0.15, 0.2) is 10.9 Å². The van der Waals surface area contributed by atoms with Crippen molar-refractivity contribution in [2.75, 3.05) is 13.1 Å². The molecule has 1 amide bonds. The maximum absolute atomic E-state index is 11.6. The molecule has 1 atom stereocenters. The van der Waals surface area contributed by atoms with E-state index in [4.69, 9.17) is 11.6 Å². The van der Waals surface area contributed by atoms with Crippen LogP contribution in [-0.4, -0.2) is 33.9 Å². The van der Waals surface area contributed by atoms with E-state index in [1.54, 1.807) is 4.90 Å². The number of rotatable bonds is 3. The number of nitrogens with zero attached hydrogens (tertiary/aromatic N) is 2. The minimum absolute atomic E-state index is 0.00622. The van der Waals surface area contributed by atoms with Crippen LogP contribution in [0.4, 0.5) is 0 Å². The molecule has 5 nitrogen and oxygen atoms in total. The number of hydrogen-bond donors (Lipinski definition) is 1. The standard InChI is InChI=1S/C11H14ClN3O2/c1-2-15-6-7(3-11(15)17)8-4-10(16)14-9(5-12)13-8/h4,7H,2-3,5-6H2,1H3,(H,13,14,16). The lowest BCUT2D eigenvalue weighted by molar-refractivity contribution is -0.127. The van der Waals surface area contributed by atoms with Crippen LogP contribution in [0.1, 0.15) is 30.8 Å². The van der Waals surface area contributed by atoms with E-state index in [0.717, 1.165) is 0 Å². The zero-order valence-electron chi connectivity index (χ0n) is 9.57. The Hall–Kier alpha value is -1.36. The van der Waals surface area contributed by atoms with Crippen molar-refractivity contribution in [1.82, 2.24) is 14.9 Å². The van der Waals surface area contributed by atoms with E-state index in [-0.39, 0.29) is 23.3 Å². The summed E-state index contributed by atoms with van der Waals surface area (Å²) in [6, 6.07) is 1.45. The highest BCUT2D eigenvalue weighted by Gasteiger charge is 2.30. The van der Waals surface area contributed by atoms with Gasteiger partial charge in [0.2, 0.25) is 5.91 Å². The van der Waals surface area contributed by atoms with E-state index >= 15 is 0 Å². The molecule has 0 aliphatic carbocycles.